The van der Waals surface area contributed by atoms with Crippen LogP contribution in [0.3, 0.4) is 0 Å². The van der Waals surface area contributed by atoms with E-state index in [2.05, 4.69) is 32.8 Å². The zero-order valence-electron chi connectivity index (χ0n) is 12.8. The summed E-state index contributed by atoms with van der Waals surface area (Å²) >= 11 is 0. The van der Waals surface area contributed by atoms with Gasteiger partial charge >= 0.3 is 51.4 Å². The molecule has 0 saturated heterocycles. The van der Waals surface area contributed by atoms with Crippen molar-refractivity contribution in [2.75, 3.05) is 13.7 Å². The van der Waals surface area contributed by atoms with Gasteiger partial charge in [0.1, 0.15) is 0 Å². The molecule has 7 nitrogen and oxygen atoms in total. The summed E-state index contributed by atoms with van der Waals surface area (Å²) in [5.41, 5.74) is 0.823. The predicted molar refractivity (Wildman–Crippen MR) is 76.4 cm³/mol. The number of carbonyl (C=O) groups excluding carboxylic acids is 1. The number of nitrogens with zero attached hydrogens (tertiary/aromatic N) is 4. The van der Waals surface area contributed by atoms with Crippen molar-refractivity contribution >= 4 is 17.9 Å². The quantitative estimate of drug-likeness (QED) is 0.225. The van der Waals surface area contributed by atoms with Crippen LogP contribution in [0, 0.1) is 6.07 Å². The molecule has 0 aliphatic heterocycles. The van der Waals surface area contributed by atoms with Gasteiger partial charge in [0.2, 0.25) is 0 Å². The molecule has 0 spiro atoms. The number of methoxy groups -OCH3 is 1. The molecule has 2 heterocycles. The number of amides is 1. The SMILES string of the molecule is COCC(C)n1ccc(C(=O)N[C-]=Nc2[c-]cncc2)n1.[K+]. The van der Waals surface area contributed by atoms with Crippen LogP contribution in [0.15, 0.2) is 35.7 Å². The maximum Gasteiger partial charge on any atom is 1.00 e. The zero-order valence-corrected chi connectivity index (χ0v) is 15.9. The second-order valence-electron chi connectivity index (χ2n) is 4.29. The Morgan fingerprint density at radius 2 is 2.41 bits per heavy atom. The predicted octanol–water partition coefficient (Wildman–Crippen LogP) is -1.74. The molecule has 0 bridgehead atoms. The molecule has 110 valence electrons. The molecule has 0 radical (unpaired) electrons. The Labute approximate surface area is 171 Å². The van der Waals surface area contributed by atoms with Gasteiger partial charge in [-0.05, 0) is 19.3 Å². The number of nitrogens with one attached hydrogen (secondary N) is 1. The summed E-state index contributed by atoms with van der Waals surface area (Å²) in [4.78, 5) is 19.6. The average molecular weight is 324 g/mol. The van der Waals surface area contributed by atoms with E-state index in [1.165, 1.54) is 6.20 Å². The van der Waals surface area contributed by atoms with Crippen molar-refractivity contribution in [1.29, 1.82) is 0 Å². The molecule has 1 atom stereocenters. The molecular formula is C14H15KN5O2-. The van der Waals surface area contributed by atoms with Gasteiger partial charge < -0.3 is 24.8 Å². The monoisotopic (exact) mass is 324 g/mol. The van der Waals surface area contributed by atoms with Crippen molar-refractivity contribution in [3.63, 3.8) is 0 Å². The number of rotatable bonds is 6. The molecular weight excluding hydrogens is 309 g/mol. The third kappa shape index (κ3) is 5.71. The minimum atomic E-state index is -0.379. The summed E-state index contributed by atoms with van der Waals surface area (Å²) in [7, 11) is 1.62. The number of hydrogen-bond acceptors (Lipinski definition) is 5. The molecule has 2 aromatic rings. The fourth-order valence-corrected chi connectivity index (χ4v) is 1.60. The Morgan fingerprint density at radius 3 is 3.09 bits per heavy atom. The minimum absolute atomic E-state index is 0. The largest absolute Gasteiger partial charge is 1.00 e. The Kier molecular flexibility index (Phi) is 8.69. The summed E-state index contributed by atoms with van der Waals surface area (Å²) in [6.07, 6.45) is 7.25. The van der Waals surface area contributed by atoms with Crippen LogP contribution in [0.5, 0.6) is 0 Å². The van der Waals surface area contributed by atoms with Crippen molar-refractivity contribution in [2.45, 2.75) is 13.0 Å². The van der Waals surface area contributed by atoms with Crippen LogP contribution >= 0.6 is 0 Å². The molecule has 1 unspecified atom stereocenters. The zero-order chi connectivity index (χ0) is 15.1. The van der Waals surface area contributed by atoms with E-state index in [0.29, 0.717) is 18.0 Å². The third-order valence-electron chi connectivity index (χ3n) is 2.65. The smallest absolute Gasteiger partial charge is 0.418 e. The molecule has 22 heavy (non-hydrogen) atoms. The van der Waals surface area contributed by atoms with Crippen molar-refractivity contribution < 1.29 is 60.9 Å². The molecule has 2 aromatic heterocycles. The van der Waals surface area contributed by atoms with E-state index in [4.69, 9.17) is 4.74 Å². The van der Waals surface area contributed by atoms with E-state index in [1.807, 2.05) is 6.92 Å². The second kappa shape index (κ2) is 9.98. The van der Waals surface area contributed by atoms with Crippen molar-refractivity contribution in [1.82, 2.24) is 20.1 Å². The first-order valence-corrected chi connectivity index (χ1v) is 6.32. The summed E-state index contributed by atoms with van der Waals surface area (Å²) < 4.78 is 6.72. The Balaban J connectivity index is 0.00000242. The van der Waals surface area contributed by atoms with E-state index in [-0.39, 0.29) is 63.3 Å². The maximum absolute atomic E-state index is 11.9. The van der Waals surface area contributed by atoms with Crippen LogP contribution in [0.2, 0.25) is 0 Å². The number of aromatic nitrogens is 3. The van der Waals surface area contributed by atoms with E-state index in [9.17, 15) is 4.79 Å². The number of aliphatic imine (C=N–C) groups is 1. The average Bonchev–Trinajstić information content (AvgIpc) is 2.98. The van der Waals surface area contributed by atoms with Gasteiger partial charge in [-0.3, -0.25) is 10.7 Å². The number of hydrogen-bond donors (Lipinski definition) is 1. The first kappa shape index (κ1) is 19.1. The number of pyridine rings is 1. The fourth-order valence-electron chi connectivity index (χ4n) is 1.60. The first-order chi connectivity index (χ1) is 10.2. The Morgan fingerprint density at radius 1 is 1.59 bits per heavy atom. The van der Waals surface area contributed by atoms with Gasteiger partial charge in [0.25, 0.3) is 0 Å². The van der Waals surface area contributed by atoms with Gasteiger partial charge in [-0.2, -0.15) is 5.10 Å². The summed E-state index contributed by atoms with van der Waals surface area (Å²) in [6.45, 7) is 2.47. The summed E-state index contributed by atoms with van der Waals surface area (Å²) in [6, 6.07) is 6.13. The topological polar surface area (TPSA) is 81.4 Å². The van der Waals surface area contributed by atoms with E-state index in [0.717, 1.165) is 0 Å². The number of carbonyl (C=O) groups is 1. The minimum Gasteiger partial charge on any atom is -0.418 e. The Hall–Kier alpha value is -0.904. The standard InChI is InChI=1S/C14H15N5O2.K/c1-11(9-21-2)19-8-5-13(18-19)14(20)17-10-16-12-3-6-15-7-4-12;/h3,5-8,11H,9H2,1-2H3,(H,15,16,17,20);/q-2;+1. The molecule has 8 heteroatoms. The van der Waals surface area contributed by atoms with Crippen molar-refractivity contribution in [2.24, 2.45) is 4.99 Å². The van der Waals surface area contributed by atoms with E-state index >= 15 is 0 Å². The van der Waals surface area contributed by atoms with Crippen LogP contribution in [0.25, 0.3) is 0 Å². The summed E-state index contributed by atoms with van der Waals surface area (Å²) in [5.74, 6) is -0.379. The molecule has 0 saturated carbocycles. The first-order valence-electron chi connectivity index (χ1n) is 6.32. The van der Waals surface area contributed by atoms with Crippen molar-refractivity contribution in [3.05, 3.63) is 42.5 Å². The molecule has 0 aliphatic carbocycles. The Bertz CT molecular complexity index is 615. The van der Waals surface area contributed by atoms with Crippen LogP contribution < -0.4 is 56.7 Å². The van der Waals surface area contributed by atoms with E-state index in [1.54, 1.807) is 36.3 Å². The van der Waals surface area contributed by atoms with Gasteiger partial charge in [0.15, 0.2) is 5.91 Å². The molecule has 1 N–H and O–H groups in total. The number of ether oxygens (including phenoxy) is 1. The van der Waals surface area contributed by atoms with Gasteiger partial charge in [0.05, 0.1) is 18.3 Å². The van der Waals surface area contributed by atoms with Gasteiger partial charge in [0, 0.05) is 13.3 Å². The second-order valence-corrected chi connectivity index (χ2v) is 4.29. The normalized spacial score (nSPS) is 11.9. The molecule has 0 aliphatic rings. The van der Waals surface area contributed by atoms with Gasteiger partial charge in [-0.25, -0.2) is 11.8 Å². The van der Waals surface area contributed by atoms with E-state index < -0.39 is 0 Å². The van der Waals surface area contributed by atoms with Gasteiger partial charge in [-0.15, -0.1) is 0 Å². The van der Waals surface area contributed by atoms with Gasteiger partial charge in [-0.1, -0.05) is 12.4 Å². The summed E-state index contributed by atoms with van der Waals surface area (Å²) in [5, 5.41) is 6.61. The maximum atomic E-state index is 11.9. The molecule has 0 aromatic carbocycles. The van der Waals surface area contributed by atoms with Crippen LogP contribution in [-0.2, 0) is 4.74 Å². The third-order valence-corrected chi connectivity index (χ3v) is 2.65. The van der Waals surface area contributed by atoms with Crippen LogP contribution in [0.4, 0.5) is 5.69 Å². The van der Waals surface area contributed by atoms with Crippen molar-refractivity contribution in [3.8, 4) is 0 Å². The molecule has 1 amide bonds. The molecule has 0 fully saturated rings. The van der Waals surface area contributed by atoms with Crippen LogP contribution in [-0.4, -0.2) is 40.7 Å². The van der Waals surface area contributed by atoms with Crippen LogP contribution in [0.1, 0.15) is 23.5 Å². The molecule has 2 rings (SSSR count). The fraction of sp³-hybridized carbons (Fsp3) is 0.286.